The molecule has 5 nitrogen and oxygen atoms in total. The van der Waals surface area contributed by atoms with Gasteiger partial charge in [0.25, 0.3) is 0 Å². The Kier molecular flexibility index (Phi) is 4.36. The highest BCUT2D eigenvalue weighted by atomic mass is 35.5. The lowest BCUT2D eigenvalue weighted by molar-refractivity contribution is 0.631. The molecule has 1 heterocycles. The maximum atomic E-state index is 13.7. The predicted molar refractivity (Wildman–Crippen MR) is 90.0 cm³/mol. The molecule has 0 amide bonds. The van der Waals surface area contributed by atoms with Gasteiger partial charge < -0.3 is 10.7 Å². The first-order valence-electron chi connectivity index (χ1n) is 6.80. The van der Waals surface area contributed by atoms with Gasteiger partial charge in [0.1, 0.15) is 11.0 Å². The number of aromatic nitrogens is 2. The predicted octanol–water partition coefficient (Wildman–Crippen LogP) is 3.97. The minimum atomic E-state index is -0.415. The highest BCUT2D eigenvalue weighted by Gasteiger charge is 2.15. The van der Waals surface area contributed by atoms with E-state index in [1.165, 1.54) is 6.07 Å². The molecule has 7 heteroatoms. The fourth-order valence-corrected chi connectivity index (χ4v) is 2.42. The van der Waals surface area contributed by atoms with E-state index < -0.39 is 5.82 Å². The van der Waals surface area contributed by atoms with Crippen molar-refractivity contribution in [3.8, 4) is 11.1 Å². The number of hydrazine groups is 1. The number of para-hydroxylation sites is 1. The first-order valence-corrected chi connectivity index (χ1v) is 7.18. The molecule has 0 atom stereocenters. The van der Waals surface area contributed by atoms with Crippen LogP contribution in [0.4, 0.5) is 21.8 Å². The number of nitrogen functional groups attached to an aromatic ring is 1. The fraction of sp³-hybridized carbons (Fsp3) is 0. The molecular formula is C16H13ClFN5. The SMILES string of the molecule is NNc1nc(Nc2ccccc2F)nc(Cl)c1-c1ccccc1. The number of hydrogen-bond donors (Lipinski definition) is 3. The van der Waals surface area contributed by atoms with Gasteiger partial charge in [0.2, 0.25) is 5.95 Å². The molecule has 3 rings (SSSR count). The molecule has 4 N–H and O–H groups in total. The normalized spacial score (nSPS) is 10.4. The largest absolute Gasteiger partial charge is 0.322 e. The van der Waals surface area contributed by atoms with E-state index >= 15 is 0 Å². The monoisotopic (exact) mass is 329 g/mol. The number of nitrogens with two attached hydrogens (primary N) is 1. The van der Waals surface area contributed by atoms with Crippen molar-refractivity contribution in [2.75, 3.05) is 10.7 Å². The molecule has 0 aliphatic rings. The minimum absolute atomic E-state index is 0.146. The summed E-state index contributed by atoms with van der Waals surface area (Å²) in [6.07, 6.45) is 0. The summed E-state index contributed by atoms with van der Waals surface area (Å²) in [4.78, 5) is 8.43. The Bertz CT molecular complexity index is 826. The molecular weight excluding hydrogens is 317 g/mol. The third-order valence-electron chi connectivity index (χ3n) is 3.18. The standard InChI is InChI=1S/C16H13ClFN5/c17-14-13(10-6-2-1-3-7-10)15(23-19)22-16(21-14)20-12-9-5-4-8-11(12)18/h1-9H,19H2,(H2,20,21,22,23). The molecule has 0 unspecified atom stereocenters. The van der Waals surface area contributed by atoms with Crippen LogP contribution >= 0.6 is 11.6 Å². The van der Waals surface area contributed by atoms with Crippen LogP contribution in [0.2, 0.25) is 5.15 Å². The first kappa shape index (κ1) is 15.2. The van der Waals surface area contributed by atoms with Crippen LogP contribution in [0.3, 0.4) is 0 Å². The maximum Gasteiger partial charge on any atom is 0.230 e. The van der Waals surface area contributed by atoms with Gasteiger partial charge in [-0.3, -0.25) is 0 Å². The number of nitrogens with zero attached hydrogens (tertiary/aromatic N) is 2. The van der Waals surface area contributed by atoms with E-state index in [2.05, 4.69) is 20.7 Å². The third kappa shape index (κ3) is 3.23. The topological polar surface area (TPSA) is 75.9 Å². The van der Waals surface area contributed by atoms with Crippen molar-refractivity contribution < 1.29 is 4.39 Å². The molecule has 23 heavy (non-hydrogen) atoms. The Hall–Kier alpha value is -2.70. The summed E-state index contributed by atoms with van der Waals surface area (Å²) in [6, 6.07) is 15.6. The average molecular weight is 330 g/mol. The Morgan fingerprint density at radius 2 is 1.65 bits per heavy atom. The zero-order chi connectivity index (χ0) is 16.2. The van der Waals surface area contributed by atoms with Gasteiger partial charge in [-0.1, -0.05) is 54.1 Å². The molecule has 0 spiro atoms. The van der Waals surface area contributed by atoms with Crippen LogP contribution in [0.25, 0.3) is 11.1 Å². The quantitative estimate of drug-likeness (QED) is 0.383. The van der Waals surface area contributed by atoms with Crippen LogP contribution in [0.5, 0.6) is 0 Å². The van der Waals surface area contributed by atoms with Crippen molar-refractivity contribution >= 4 is 29.1 Å². The number of benzene rings is 2. The Balaban J connectivity index is 2.02. The van der Waals surface area contributed by atoms with Crippen LogP contribution in [0.1, 0.15) is 0 Å². The molecule has 0 bridgehead atoms. The van der Waals surface area contributed by atoms with Gasteiger partial charge in [0.15, 0.2) is 5.82 Å². The van der Waals surface area contributed by atoms with Gasteiger partial charge in [-0.2, -0.15) is 4.98 Å². The minimum Gasteiger partial charge on any atom is -0.322 e. The smallest absolute Gasteiger partial charge is 0.230 e. The average Bonchev–Trinajstić information content (AvgIpc) is 2.57. The summed E-state index contributed by atoms with van der Waals surface area (Å²) >= 11 is 6.27. The molecule has 2 aromatic carbocycles. The van der Waals surface area contributed by atoms with Crippen molar-refractivity contribution in [1.29, 1.82) is 0 Å². The van der Waals surface area contributed by atoms with Crippen molar-refractivity contribution in [1.82, 2.24) is 9.97 Å². The number of hydrogen-bond acceptors (Lipinski definition) is 5. The van der Waals surface area contributed by atoms with Crippen molar-refractivity contribution in [3.05, 3.63) is 65.6 Å². The lowest BCUT2D eigenvalue weighted by Gasteiger charge is -2.13. The highest BCUT2D eigenvalue weighted by molar-refractivity contribution is 6.32. The molecule has 3 aromatic rings. The van der Waals surface area contributed by atoms with Crippen LogP contribution < -0.4 is 16.6 Å². The lowest BCUT2D eigenvalue weighted by atomic mass is 10.1. The summed E-state index contributed by atoms with van der Waals surface area (Å²) in [5.74, 6) is 5.62. The first-order chi connectivity index (χ1) is 11.2. The fourth-order valence-electron chi connectivity index (χ4n) is 2.14. The van der Waals surface area contributed by atoms with E-state index in [9.17, 15) is 4.39 Å². The van der Waals surface area contributed by atoms with Gasteiger partial charge in [-0.05, 0) is 17.7 Å². The molecule has 1 aromatic heterocycles. The summed E-state index contributed by atoms with van der Waals surface area (Å²) in [7, 11) is 0. The van der Waals surface area contributed by atoms with Crippen LogP contribution in [0.15, 0.2) is 54.6 Å². The van der Waals surface area contributed by atoms with Gasteiger partial charge >= 0.3 is 0 Å². The summed E-state index contributed by atoms with van der Waals surface area (Å²) < 4.78 is 13.7. The summed E-state index contributed by atoms with van der Waals surface area (Å²) in [6.45, 7) is 0. The van der Waals surface area contributed by atoms with E-state index in [0.29, 0.717) is 11.4 Å². The van der Waals surface area contributed by atoms with E-state index in [-0.39, 0.29) is 16.8 Å². The van der Waals surface area contributed by atoms with Gasteiger partial charge in [-0.25, -0.2) is 15.2 Å². The second-order valence-electron chi connectivity index (χ2n) is 4.68. The van der Waals surface area contributed by atoms with Crippen LogP contribution in [0, 0.1) is 5.82 Å². The van der Waals surface area contributed by atoms with E-state index in [1.807, 2.05) is 30.3 Å². The summed E-state index contributed by atoms with van der Waals surface area (Å²) in [5.41, 5.74) is 4.16. The highest BCUT2D eigenvalue weighted by Crippen LogP contribution is 2.33. The van der Waals surface area contributed by atoms with Gasteiger partial charge in [0.05, 0.1) is 11.3 Å². The van der Waals surface area contributed by atoms with Gasteiger partial charge in [0, 0.05) is 0 Å². The lowest BCUT2D eigenvalue weighted by Crippen LogP contribution is -2.12. The zero-order valence-corrected chi connectivity index (χ0v) is 12.7. The van der Waals surface area contributed by atoms with Crippen molar-refractivity contribution in [3.63, 3.8) is 0 Å². The second-order valence-corrected chi connectivity index (χ2v) is 5.03. The van der Waals surface area contributed by atoms with Gasteiger partial charge in [-0.15, -0.1) is 0 Å². The maximum absolute atomic E-state index is 13.7. The Labute approximate surface area is 137 Å². The molecule has 116 valence electrons. The number of anilines is 3. The molecule has 0 saturated heterocycles. The van der Waals surface area contributed by atoms with Crippen LogP contribution in [-0.2, 0) is 0 Å². The van der Waals surface area contributed by atoms with E-state index in [4.69, 9.17) is 17.4 Å². The number of rotatable bonds is 4. The van der Waals surface area contributed by atoms with Crippen molar-refractivity contribution in [2.45, 2.75) is 0 Å². The molecule has 0 radical (unpaired) electrons. The van der Waals surface area contributed by atoms with Crippen LogP contribution in [-0.4, -0.2) is 9.97 Å². The molecule has 0 aliphatic carbocycles. The molecule has 0 saturated carbocycles. The number of halogens is 2. The molecule has 0 aliphatic heterocycles. The molecule has 0 fully saturated rings. The third-order valence-corrected chi connectivity index (χ3v) is 3.46. The second kappa shape index (κ2) is 6.60. The van der Waals surface area contributed by atoms with Crippen molar-refractivity contribution in [2.24, 2.45) is 5.84 Å². The Morgan fingerprint density at radius 3 is 2.35 bits per heavy atom. The van der Waals surface area contributed by atoms with E-state index in [0.717, 1.165) is 5.56 Å². The zero-order valence-electron chi connectivity index (χ0n) is 11.9. The number of nitrogens with one attached hydrogen (secondary N) is 2. The van der Waals surface area contributed by atoms with E-state index in [1.54, 1.807) is 18.2 Å². The Morgan fingerprint density at radius 1 is 0.957 bits per heavy atom. The summed E-state index contributed by atoms with van der Waals surface area (Å²) in [5, 5.41) is 3.00.